The fourth-order valence-corrected chi connectivity index (χ4v) is 2.62. The summed E-state index contributed by atoms with van der Waals surface area (Å²) < 4.78 is 9.97. The maximum absolute atomic E-state index is 11.8. The van der Waals surface area contributed by atoms with Crippen molar-refractivity contribution < 1.29 is 19.1 Å². The summed E-state index contributed by atoms with van der Waals surface area (Å²) in [6, 6.07) is 2.86. The SMILES string of the molecule is C=C(C(=O)OCC)C(OC(C)=O)c1c(Cl)cc(Cl)cc1Cl. The Kier molecular flexibility index (Phi) is 6.52. The van der Waals surface area contributed by atoms with Gasteiger partial charge in [-0.15, -0.1) is 0 Å². The predicted molar refractivity (Wildman–Crippen MR) is 81.8 cm³/mol. The van der Waals surface area contributed by atoms with E-state index in [2.05, 4.69) is 6.58 Å². The van der Waals surface area contributed by atoms with Gasteiger partial charge >= 0.3 is 11.9 Å². The van der Waals surface area contributed by atoms with Crippen LogP contribution in [0.5, 0.6) is 0 Å². The van der Waals surface area contributed by atoms with E-state index in [-0.39, 0.29) is 27.8 Å². The second-order valence-electron chi connectivity index (χ2n) is 4.02. The third kappa shape index (κ3) is 4.63. The zero-order chi connectivity index (χ0) is 16.2. The van der Waals surface area contributed by atoms with Gasteiger partial charge in [0.25, 0.3) is 0 Å². The van der Waals surface area contributed by atoms with E-state index in [1.165, 1.54) is 19.1 Å². The van der Waals surface area contributed by atoms with Crippen molar-refractivity contribution in [3.63, 3.8) is 0 Å². The van der Waals surface area contributed by atoms with Crippen molar-refractivity contribution in [3.05, 3.63) is 44.9 Å². The van der Waals surface area contributed by atoms with E-state index in [4.69, 9.17) is 44.3 Å². The molecule has 0 N–H and O–H groups in total. The van der Waals surface area contributed by atoms with Crippen molar-refractivity contribution in [2.45, 2.75) is 20.0 Å². The fourth-order valence-electron chi connectivity index (χ4n) is 1.60. The predicted octanol–water partition coefficient (Wildman–Crippen LogP) is 4.37. The lowest BCUT2D eigenvalue weighted by molar-refractivity contribution is -0.147. The first-order valence-corrected chi connectivity index (χ1v) is 7.08. The summed E-state index contributed by atoms with van der Waals surface area (Å²) in [5.41, 5.74) is 0.147. The summed E-state index contributed by atoms with van der Waals surface area (Å²) in [6.07, 6.45) is -1.14. The molecule has 7 heteroatoms. The first-order chi connectivity index (χ1) is 9.77. The normalized spacial score (nSPS) is 11.7. The van der Waals surface area contributed by atoms with Crippen molar-refractivity contribution in [2.24, 2.45) is 0 Å². The van der Waals surface area contributed by atoms with Crippen molar-refractivity contribution >= 4 is 46.7 Å². The molecule has 0 aliphatic rings. The molecule has 0 amide bonds. The molecular formula is C14H13Cl3O4. The number of halogens is 3. The smallest absolute Gasteiger partial charge is 0.337 e. The summed E-state index contributed by atoms with van der Waals surface area (Å²) in [5, 5.41) is 0.630. The molecule has 0 saturated carbocycles. The molecule has 4 nitrogen and oxygen atoms in total. The Labute approximate surface area is 137 Å². The molecule has 1 aromatic carbocycles. The van der Waals surface area contributed by atoms with Gasteiger partial charge in [0, 0.05) is 17.5 Å². The zero-order valence-corrected chi connectivity index (χ0v) is 13.7. The van der Waals surface area contributed by atoms with Gasteiger partial charge in [0.2, 0.25) is 0 Å². The van der Waals surface area contributed by atoms with Gasteiger partial charge in [0.1, 0.15) is 0 Å². The zero-order valence-electron chi connectivity index (χ0n) is 11.4. The molecule has 0 radical (unpaired) electrons. The van der Waals surface area contributed by atoms with Gasteiger partial charge in [-0.05, 0) is 19.1 Å². The first kappa shape index (κ1) is 17.8. The lowest BCUT2D eigenvalue weighted by atomic mass is 10.0. The Bertz CT molecular complexity index is 561. The van der Waals surface area contributed by atoms with Crippen LogP contribution in [0.4, 0.5) is 0 Å². The van der Waals surface area contributed by atoms with Crippen LogP contribution in [0.2, 0.25) is 15.1 Å². The summed E-state index contributed by atoms with van der Waals surface area (Å²) in [4.78, 5) is 23.1. The molecule has 0 aliphatic heterocycles. The minimum absolute atomic E-state index is 0.0850. The quantitative estimate of drug-likeness (QED) is 0.584. The number of rotatable bonds is 5. The van der Waals surface area contributed by atoms with Gasteiger partial charge in [-0.2, -0.15) is 0 Å². The van der Waals surface area contributed by atoms with Crippen LogP contribution in [0.25, 0.3) is 0 Å². The highest BCUT2D eigenvalue weighted by atomic mass is 35.5. The molecule has 0 saturated heterocycles. The number of hydrogen-bond donors (Lipinski definition) is 0. The summed E-state index contributed by atoms with van der Waals surface area (Å²) in [6.45, 7) is 6.61. The van der Waals surface area contributed by atoms with Crippen LogP contribution in [0.1, 0.15) is 25.5 Å². The molecule has 0 aliphatic carbocycles. The van der Waals surface area contributed by atoms with E-state index in [1.807, 2.05) is 0 Å². The topological polar surface area (TPSA) is 52.6 Å². The Hall–Kier alpha value is -1.23. The Morgan fingerprint density at radius 2 is 1.76 bits per heavy atom. The first-order valence-electron chi connectivity index (χ1n) is 5.95. The van der Waals surface area contributed by atoms with Gasteiger partial charge in [0.05, 0.1) is 22.2 Å². The van der Waals surface area contributed by atoms with Crippen LogP contribution < -0.4 is 0 Å². The van der Waals surface area contributed by atoms with Crippen molar-refractivity contribution in [1.82, 2.24) is 0 Å². The molecule has 0 bridgehead atoms. The maximum atomic E-state index is 11.8. The van der Waals surface area contributed by atoms with Crippen LogP contribution in [-0.4, -0.2) is 18.5 Å². The standard InChI is InChI=1S/C14H13Cl3O4/c1-4-20-14(19)7(2)13(21-8(3)18)12-10(16)5-9(15)6-11(12)17/h5-6,13H,2,4H2,1,3H3. The summed E-state index contributed by atoms with van der Waals surface area (Å²) in [7, 11) is 0. The largest absolute Gasteiger partial charge is 0.463 e. The van der Waals surface area contributed by atoms with E-state index in [0.29, 0.717) is 5.02 Å². The minimum Gasteiger partial charge on any atom is -0.463 e. The summed E-state index contributed by atoms with van der Waals surface area (Å²) in [5.74, 6) is -1.32. The van der Waals surface area contributed by atoms with E-state index in [1.54, 1.807) is 6.92 Å². The number of esters is 2. The Balaban J connectivity index is 3.29. The maximum Gasteiger partial charge on any atom is 0.337 e. The van der Waals surface area contributed by atoms with Crippen molar-refractivity contribution in [3.8, 4) is 0 Å². The number of benzene rings is 1. The van der Waals surface area contributed by atoms with Gasteiger partial charge in [-0.25, -0.2) is 4.79 Å². The summed E-state index contributed by atoms with van der Waals surface area (Å²) >= 11 is 18.0. The second-order valence-corrected chi connectivity index (χ2v) is 5.27. The van der Waals surface area contributed by atoms with Crippen LogP contribution in [0.15, 0.2) is 24.3 Å². The number of hydrogen-bond acceptors (Lipinski definition) is 4. The van der Waals surface area contributed by atoms with E-state index in [9.17, 15) is 9.59 Å². The van der Waals surface area contributed by atoms with Gasteiger partial charge in [-0.3, -0.25) is 4.79 Å². The molecule has 0 spiro atoms. The molecule has 0 aromatic heterocycles. The molecule has 21 heavy (non-hydrogen) atoms. The highest BCUT2D eigenvalue weighted by molar-refractivity contribution is 6.39. The van der Waals surface area contributed by atoms with Gasteiger partial charge < -0.3 is 9.47 Å². The minimum atomic E-state index is -1.14. The van der Waals surface area contributed by atoms with E-state index < -0.39 is 18.0 Å². The molecule has 1 atom stereocenters. The number of carbonyl (C=O) groups excluding carboxylic acids is 2. The Morgan fingerprint density at radius 1 is 1.24 bits per heavy atom. The van der Waals surface area contributed by atoms with Crippen molar-refractivity contribution in [1.29, 1.82) is 0 Å². The number of ether oxygens (including phenoxy) is 2. The molecule has 1 aromatic rings. The second kappa shape index (κ2) is 7.69. The fraction of sp³-hybridized carbons (Fsp3) is 0.286. The van der Waals surface area contributed by atoms with Crippen molar-refractivity contribution in [2.75, 3.05) is 6.61 Å². The monoisotopic (exact) mass is 350 g/mol. The third-order valence-electron chi connectivity index (χ3n) is 2.44. The van der Waals surface area contributed by atoms with Crippen LogP contribution in [0, 0.1) is 0 Å². The average molecular weight is 352 g/mol. The lowest BCUT2D eigenvalue weighted by Crippen LogP contribution is -2.19. The van der Waals surface area contributed by atoms with E-state index in [0.717, 1.165) is 0 Å². The molecule has 0 heterocycles. The third-order valence-corrected chi connectivity index (χ3v) is 3.29. The van der Waals surface area contributed by atoms with Gasteiger partial charge in [-0.1, -0.05) is 41.4 Å². The van der Waals surface area contributed by atoms with Crippen LogP contribution >= 0.6 is 34.8 Å². The molecule has 1 unspecified atom stereocenters. The van der Waals surface area contributed by atoms with Crippen LogP contribution in [0.3, 0.4) is 0 Å². The molecule has 0 fully saturated rings. The van der Waals surface area contributed by atoms with Gasteiger partial charge in [0.15, 0.2) is 6.10 Å². The molecular weight excluding hydrogens is 339 g/mol. The Morgan fingerprint density at radius 3 is 2.19 bits per heavy atom. The van der Waals surface area contributed by atoms with E-state index >= 15 is 0 Å². The highest BCUT2D eigenvalue weighted by Gasteiger charge is 2.29. The lowest BCUT2D eigenvalue weighted by Gasteiger charge is -2.21. The molecule has 114 valence electrons. The average Bonchev–Trinajstić information content (AvgIpc) is 2.35. The number of carbonyl (C=O) groups is 2. The van der Waals surface area contributed by atoms with Crippen LogP contribution in [-0.2, 0) is 19.1 Å². The highest BCUT2D eigenvalue weighted by Crippen LogP contribution is 2.38. The molecule has 1 rings (SSSR count).